The number of fused-ring (bicyclic) bond motifs is 1. The molecule has 142 valence electrons. The molecule has 1 atom stereocenters. The van der Waals surface area contributed by atoms with E-state index < -0.39 is 17.8 Å². The van der Waals surface area contributed by atoms with Crippen LogP contribution < -0.4 is 10.1 Å². The Morgan fingerprint density at radius 1 is 1.22 bits per heavy atom. The number of benzene rings is 1. The lowest BCUT2D eigenvalue weighted by atomic mass is 9.97. The molecule has 3 rings (SSSR count). The number of nitrogens with one attached hydrogen (secondary N) is 1. The van der Waals surface area contributed by atoms with Gasteiger partial charge in [0.2, 0.25) is 5.88 Å². The van der Waals surface area contributed by atoms with Crippen molar-refractivity contribution in [2.75, 3.05) is 12.4 Å². The van der Waals surface area contributed by atoms with Crippen LogP contribution in [0.3, 0.4) is 0 Å². The Hall–Kier alpha value is -2.42. The van der Waals surface area contributed by atoms with Gasteiger partial charge in [-0.2, -0.15) is 13.2 Å². The van der Waals surface area contributed by atoms with Gasteiger partial charge in [0.15, 0.2) is 0 Å². The van der Waals surface area contributed by atoms with Crippen molar-refractivity contribution in [3.63, 3.8) is 0 Å². The summed E-state index contributed by atoms with van der Waals surface area (Å²) in [6, 6.07) is 5.48. The maximum absolute atomic E-state index is 13.2. The second kappa shape index (κ2) is 7.30. The van der Waals surface area contributed by atoms with Crippen LogP contribution in [0.25, 0.3) is 10.9 Å². The number of hydrogen-bond acceptors (Lipinski definition) is 5. The molecule has 0 bridgehead atoms. The number of hydrogen-bond donors (Lipinski definition) is 1. The molecule has 27 heavy (non-hydrogen) atoms. The molecule has 0 aliphatic heterocycles. The number of pyridine rings is 1. The number of alkyl halides is 3. The van der Waals surface area contributed by atoms with Gasteiger partial charge in [-0.25, -0.2) is 15.0 Å². The summed E-state index contributed by atoms with van der Waals surface area (Å²) in [6.45, 7) is 3.25. The van der Waals surface area contributed by atoms with Gasteiger partial charge in [0.05, 0.1) is 24.1 Å². The molecule has 5 nitrogen and oxygen atoms in total. The number of nitrogens with zero attached hydrogens (tertiary/aromatic N) is 3. The Morgan fingerprint density at radius 2 is 1.96 bits per heavy atom. The molecule has 1 aromatic carbocycles. The number of halogens is 4. The number of anilines is 1. The van der Waals surface area contributed by atoms with Crippen molar-refractivity contribution in [2.45, 2.75) is 26.1 Å². The van der Waals surface area contributed by atoms with E-state index in [4.69, 9.17) is 4.74 Å². The number of methoxy groups -OCH3 is 1. The number of aromatic nitrogens is 3. The van der Waals surface area contributed by atoms with Crippen LogP contribution in [0.15, 0.2) is 35.2 Å². The lowest BCUT2D eigenvalue weighted by Gasteiger charge is -2.21. The molecule has 0 spiro atoms. The van der Waals surface area contributed by atoms with Gasteiger partial charge in [0, 0.05) is 0 Å². The summed E-state index contributed by atoms with van der Waals surface area (Å²) in [4.78, 5) is 12.6. The third kappa shape index (κ3) is 3.83. The topological polar surface area (TPSA) is 59.9 Å². The van der Waals surface area contributed by atoms with Crippen LogP contribution in [0.2, 0.25) is 0 Å². The summed E-state index contributed by atoms with van der Waals surface area (Å²) in [5.41, 5.74) is 0.585. The summed E-state index contributed by atoms with van der Waals surface area (Å²) in [6.07, 6.45) is -3.04. The van der Waals surface area contributed by atoms with Crippen molar-refractivity contribution in [2.24, 2.45) is 0 Å². The van der Waals surface area contributed by atoms with Crippen molar-refractivity contribution < 1.29 is 17.9 Å². The van der Waals surface area contributed by atoms with E-state index in [1.54, 1.807) is 19.1 Å². The van der Waals surface area contributed by atoms with Crippen LogP contribution in [-0.4, -0.2) is 22.1 Å². The first-order chi connectivity index (χ1) is 12.7. The van der Waals surface area contributed by atoms with Gasteiger partial charge in [-0.15, -0.1) is 0 Å². The molecule has 0 unspecified atom stereocenters. The van der Waals surface area contributed by atoms with Crippen LogP contribution >= 0.6 is 15.9 Å². The zero-order valence-corrected chi connectivity index (χ0v) is 16.3. The summed E-state index contributed by atoms with van der Waals surface area (Å²) < 4.78 is 45.3. The van der Waals surface area contributed by atoms with Gasteiger partial charge in [0.1, 0.15) is 22.3 Å². The minimum absolute atomic E-state index is 0.184. The van der Waals surface area contributed by atoms with Crippen LogP contribution in [-0.2, 0) is 6.18 Å². The molecule has 3 aromatic rings. The highest BCUT2D eigenvalue weighted by molar-refractivity contribution is 9.10. The predicted octanol–water partition coefficient (Wildman–Crippen LogP) is 5.30. The van der Waals surface area contributed by atoms with Crippen LogP contribution in [0, 0.1) is 6.92 Å². The standard InChI is InChI=1S/C18H16BrF3N4O/c1-9-11(5-4-6-13(9)18(20,21)22)10(2)25-16-12-7-14(19)26-17(27-3)15(12)23-8-24-16/h4-8,10H,1-3H3,(H,23,24,25)/t10-/m1/s1. The molecule has 9 heteroatoms. The quantitative estimate of drug-likeness (QED) is 0.558. The van der Waals surface area contributed by atoms with Crippen LogP contribution in [0.1, 0.15) is 29.7 Å². The zero-order chi connectivity index (χ0) is 19.8. The van der Waals surface area contributed by atoms with Gasteiger partial charge in [-0.1, -0.05) is 12.1 Å². The average Bonchev–Trinajstić information content (AvgIpc) is 2.60. The minimum Gasteiger partial charge on any atom is -0.479 e. The number of ether oxygens (including phenoxy) is 1. The fourth-order valence-electron chi connectivity index (χ4n) is 2.97. The highest BCUT2D eigenvalue weighted by atomic mass is 79.9. The largest absolute Gasteiger partial charge is 0.479 e. The molecular weight excluding hydrogens is 425 g/mol. The predicted molar refractivity (Wildman–Crippen MR) is 99.8 cm³/mol. The smallest absolute Gasteiger partial charge is 0.416 e. The minimum atomic E-state index is -4.40. The second-order valence-corrected chi connectivity index (χ2v) is 6.77. The van der Waals surface area contributed by atoms with E-state index in [2.05, 4.69) is 36.2 Å². The van der Waals surface area contributed by atoms with E-state index in [0.29, 0.717) is 32.8 Å². The molecule has 0 amide bonds. The molecule has 0 radical (unpaired) electrons. The Balaban J connectivity index is 2.03. The fraction of sp³-hybridized carbons (Fsp3) is 0.278. The molecule has 2 heterocycles. The first-order valence-corrected chi connectivity index (χ1v) is 8.80. The Morgan fingerprint density at radius 3 is 2.63 bits per heavy atom. The lowest BCUT2D eigenvalue weighted by molar-refractivity contribution is -0.138. The Labute approximate surface area is 162 Å². The van der Waals surface area contributed by atoms with Gasteiger partial charge in [-0.05, 0) is 53.0 Å². The molecule has 0 fully saturated rings. The third-order valence-corrected chi connectivity index (χ3v) is 4.66. The molecule has 0 aliphatic rings. The Kier molecular flexibility index (Phi) is 5.23. The molecule has 1 N–H and O–H groups in total. The summed E-state index contributed by atoms with van der Waals surface area (Å²) in [7, 11) is 1.48. The monoisotopic (exact) mass is 440 g/mol. The first-order valence-electron chi connectivity index (χ1n) is 8.01. The van der Waals surface area contributed by atoms with Crippen molar-refractivity contribution >= 4 is 32.7 Å². The van der Waals surface area contributed by atoms with E-state index in [1.165, 1.54) is 26.4 Å². The van der Waals surface area contributed by atoms with Gasteiger partial charge in [-0.3, -0.25) is 0 Å². The molecule has 0 saturated carbocycles. The molecule has 0 saturated heterocycles. The van der Waals surface area contributed by atoms with Crippen LogP contribution in [0.5, 0.6) is 5.88 Å². The molecule has 0 aliphatic carbocycles. The SMILES string of the molecule is COc1nc(Br)cc2c(N[C@H](C)c3cccc(C(F)(F)F)c3C)ncnc12. The Bertz CT molecular complexity index is 994. The van der Waals surface area contributed by atoms with E-state index >= 15 is 0 Å². The van der Waals surface area contributed by atoms with E-state index in [-0.39, 0.29) is 5.56 Å². The normalized spacial score (nSPS) is 12.9. The zero-order valence-electron chi connectivity index (χ0n) is 14.7. The summed E-state index contributed by atoms with van der Waals surface area (Å²) in [5.74, 6) is 0.804. The maximum atomic E-state index is 13.2. The van der Waals surface area contributed by atoms with E-state index in [1.807, 2.05) is 0 Å². The van der Waals surface area contributed by atoms with Gasteiger partial charge in [0.25, 0.3) is 0 Å². The summed E-state index contributed by atoms with van der Waals surface area (Å²) in [5, 5.41) is 3.82. The van der Waals surface area contributed by atoms with Gasteiger partial charge < -0.3 is 10.1 Å². The third-order valence-electron chi connectivity index (χ3n) is 4.25. The van der Waals surface area contributed by atoms with E-state index in [9.17, 15) is 13.2 Å². The summed E-state index contributed by atoms with van der Waals surface area (Å²) >= 11 is 3.31. The van der Waals surface area contributed by atoms with Gasteiger partial charge >= 0.3 is 6.18 Å². The lowest BCUT2D eigenvalue weighted by Crippen LogP contribution is -2.14. The highest BCUT2D eigenvalue weighted by Gasteiger charge is 2.33. The van der Waals surface area contributed by atoms with Crippen molar-refractivity contribution in [1.29, 1.82) is 0 Å². The van der Waals surface area contributed by atoms with E-state index in [0.717, 1.165) is 6.07 Å². The first kappa shape index (κ1) is 19.3. The van der Waals surface area contributed by atoms with Crippen molar-refractivity contribution in [3.8, 4) is 5.88 Å². The van der Waals surface area contributed by atoms with Crippen LogP contribution in [0.4, 0.5) is 19.0 Å². The second-order valence-electron chi connectivity index (χ2n) is 5.96. The van der Waals surface area contributed by atoms with Crippen molar-refractivity contribution in [3.05, 3.63) is 51.9 Å². The maximum Gasteiger partial charge on any atom is 0.416 e. The highest BCUT2D eigenvalue weighted by Crippen LogP contribution is 2.36. The van der Waals surface area contributed by atoms with Crippen molar-refractivity contribution in [1.82, 2.24) is 15.0 Å². The molecular formula is C18H16BrF3N4O. The molecule has 2 aromatic heterocycles. The number of rotatable bonds is 4. The fourth-order valence-corrected chi connectivity index (χ4v) is 3.36. The average molecular weight is 441 g/mol.